The highest BCUT2D eigenvalue weighted by Gasteiger charge is 2.34. The van der Waals surface area contributed by atoms with Crippen molar-refractivity contribution in [2.24, 2.45) is 0 Å². The molecule has 11 heteroatoms. The molecule has 1 aliphatic heterocycles. The summed E-state index contributed by atoms with van der Waals surface area (Å²) >= 11 is 0. The predicted octanol–water partition coefficient (Wildman–Crippen LogP) is 4.79. The van der Waals surface area contributed by atoms with Gasteiger partial charge in [-0.05, 0) is 24.3 Å². The van der Waals surface area contributed by atoms with Crippen molar-refractivity contribution in [3.05, 3.63) is 65.9 Å². The van der Waals surface area contributed by atoms with E-state index in [1.54, 1.807) is 18.2 Å². The first kappa shape index (κ1) is 25.1. The number of pyridine rings is 1. The van der Waals surface area contributed by atoms with Crippen molar-refractivity contribution in [1.29, 1.82) is 0 Å². The average Bonchev–Trinajstić information content (AvgIpc) is 2.88. The van der Waals surface area contributed by atoms with Crippen LogP contribution in [0.15, 0.2) is 54.7 Å². The molecule has 2 heterocycles. The normalized spacial score (nSPS) is 13.8. The van der Waals surface area contributed by atoms with Crippen molar-refractivity contribution < 1.29 is 27.4 Å². The van der Waals surface area contributed by atoms with E-state index in [4.69, 9.17) is 9.47 Å². The van der Waals surface area contributed by atoms with Gasteiger partial charge >= 0.3 is 6.18 Å². The van der Waals surface area contributed by atoms with Crippen LogP contribution < -0.4 is 25.6 Å². The summed E-state index contributed by atoms with van der Waals surface area (Å²) in [4.78, 5) is 18.3. The first-order valence-corrected chi connectivity index (χ1v) is 11.2. The van der Waals surface area contributed by atoms with Crippen molar-refractivity contribution in [1.82, 2.24) is 10.3 Å². The van der Waals surface area contributed by atoms with Gasteiger partial charge in [-0.2, -0.15) is 13.2 Å². The van der Waals surface area contributed by atoms with E-state index in [2.05, 4.69) is 25.8 Å². The Morgan fingerprint density at radius 1 is 1.03 bits per heavy atom. The predicted molar refractivity (Wildman–Crippen MR) is 132 cm³/mol. The standard InChI is InChI=1S/C25H26F3N5O3/c1-29-24(34)17-5-3-4-6-19(17)31-21-14-23(30-15-18(21)25(26,27)28)32-20-8-7-16(13-22(20)35-2)33-9-11-36-12-10-33/h3-8,13-15H,9-12H2,1-2H3,(H,29,34)(H2,30,31,32). The Morgan fingerprint density at radius 3 is 2.47 bits per heavy atom. The second-order valence-corrected chi connectivity index (χ2v) is 7.97. The van der Waals surface area contributed by atoms with Crippen LogP contribution in [0.2, 0.25) is 0 Å². The summed E-state index contributed by atoms with van der Waals surface area (Å²) in [7, 11) is 2.97. The Labute approximate surface area is 206 Å². The molecule has 0 bridgehead atoms. The van der Waals surface area contributed by atoms with E-state index in [0.29, 0.717) is 24.7 Å². The van der Waals surface area contributed by atoms with Crippen LogP contribution in [0.4, 0.5) is 41.7 Å². The van der Waals surface area contributed by atoms with Crippen LogP contribution in [0.1, 0.15) is 15.9 Å². The molecule has 3 N–H and O–H groups in total. The number of nitrogens with zero attached hydrogens (tertiary/aromatic N) is 2. The van der Waals surface area contributed by atoms with Gasteiger partial charge in [0.15, 0.2) is 0 Å². The van der Waals surface area contributed by atoms with Gasteiger partial charge in [0.05, 0.1) is 48.5 Å². The Morgan fingerprint density at radius 2 is 1.78 bits per heavy atom. The van der Waals surface area contributed by atoms with E-state index in [1.807, 2.05) is 12.1 Å². The molecule has 0 unspecified atom stereocenters. The number of benzene rings is 2. The second-order valence-electron chi connectivity index (χ2n) is 7.97. The van der Waals surface area contributed by atoms with E-state index in [-0.39, 0.29) is 22.8 Å². The average molecular weight is 502 g/mol. The number of hydrogen-bond acceptors (Lipinski definition) is 7. The number of anilines is 5. The summed E-state index contributed by atoms with van der Waals surface area (Å²) in [6, 6.07) is 13.1. The Balaban J connectivity index is 1.66. The van der Waals surface area contributed by atoms with Gasteiger partial charge in [0.2, 0.25) is 0 Å². The lowest BCUT2D eigenvalue weighted by Crippen LogP contribution is -2.36. The van der Waals surface area contributed by atoms with E-state index in [1.165, 1.54) is 32.4 Å². The van der Waals surface area contributed by atoms with Gasteiger partial charge in [-0.25, -0.2) is 4.98 Å². The molecule has 1 aliphatic rings. The molecule has 0 saturated carbocycles. The third-order valence-electron chi connectivity index (χ3n) is 5.70. The minimum Gasteiger partial charge on any atom is -0.494 e. The molecule has 1 fully saturated rings. The summed E-state index contributed by atoms with van der Waals surface area (Å²) in [5.74, 6) is 0.254. The van der Waals surface area contributed by atoms with Gasteiger partial charge in [-0.3, -0.25) is 4.79 Å². The molecule has 1 saturated heterocycles. The van der Waals surface area contributed by atoms with Gasteiger partial charge in [0, 0.05) is 44.2 Å². The number of hydrogen-bond donors (Lipinski definition) is 3. The molecule has 190 valence electrons. The van der Waals surface area contributed by atoms with Crippen molar-refractivity contribution in [3.63, 3.8) is 0 Å². The number of para-hydroxylation sites is 1. The van der Waals surface area contributed by atoms with Crippen LogP contribution in [0.3, 0.4) is 0 Å². The van der Waals surface area contributed by atoms with Gasteiger partial charge in [-0.15, -0.1) is 0 Å². The minimum atomic E-state index is -4.66. The summed E-state index contributed by atoms with van der Waals surface area (Å²) in [6.07, 6.45) is -3.91. The van der Waals surface area contributed by atoms with E-state index >= 15 is 0 Å². The first-order valence-electron chi connectivity index (χ1n) is 11.2. The molecule has 1 aromatic heterocycles. The molecule has 8 nitrogen and oxygen atoms in total. The maximum Gasteiger partial charge on any atom is 0.419 e. The number of carbonyl (C=O) groups is 1. The largest absolute Gasteiger partial charge is 0.494 e. The molecule has 36 heavy (non-hydrogen) atoms. The maximum absolute atomic E-state index is 13.8. The molecule has 0 aliphatic carbocycles. The molecule has 0 radical (unpaired) electrons. The van der Waals surface area contributed by atoms with Gasteiger partial charge in [0.25, 0.3) is 5.91 Å². The fraction of sp³-hybridized carbons (Fsp3) is 0.280. The summed E-state index contributed by atoms with van der Waals surface area (Å²) in [5.41, 5.74) is 0.717. The van der Waals surface area contributed by atoms with Gasteiger partial charge in [-0.1, -0.05) is 12.1 Å². The number of aromatic nitrogens is 1. The smallest absolute Gasteiger partial charge is 0.419 e. The van der Waals surface area contributed by atoms with Crippen molar-refractivity contribution in [2.75, 3.05) is 56.0 Å². The number of amides is 1. The number of alkyl halides is 3. The number of morpholine rings is 1. The van der Waals surface area contributed by atoms with E-state index in [9.17, 15) is 18.0 Å². The first-order chi connectivity index (χ1) is 17.3. The quantitative estimate of drug-likeness (QED) is 0.429. The lowest BCUT2D eigenvalue weighted by atomic mass is 10.1. The number of ether oxygens (including phenoxy) is 2. The molecule has 1 amide bonds. The Kier molecular flexibility index (Phi) is 7.49. The number of carbonyl (C=O) groups excluding carboxylic acids is 1. The van der Waals surface area contributed by atoms with Crippen LogP contribution in [-0.2, 0) is 10.9 Å². The highest BCUT2D eigenvalue weighted by molar-refractivity contribution is 6.00. The number of nitrogens with one attached hydrogen (secondary N) is 3. The third-order valence-corrected chi connectivity index (χ3v) is 5.70. The second kappa shape index (κ2) is 10.7. The zero-order valence-electron chi connectivity index (χ0n) is 19.8. The van der Waals surface area contributed by atoms with Crippen LogP contribution in [0.25, 0.3) is 0 Å². The summed E-state index contributed by atoms with van der Waals surface area (Å²) in [6.45, 7) is 2.78. The Hall–Kier alpha value is -3.99. The maximum atomic E-state index is 13.8. The van der Waals surface area contributed by atoms with Gasteiger partial charge < -0.3 is 30.3 Å². The summed E-state index contributed by atoms with van der Waals surface area (Å²) in [5, 5.41) is 8.29. The van der Waals surface area contributed by atoms with Crippen molar-refractivity contribution in [3.8, 4) is 5.75 Å². The molecule has 3 aromatic rings. The number of halogens is 3. The van der Waals surface area contributed by atoms with E-state index in [0.717, 1.165) is 25.0 Å². The molecular formula is C25H26F3N5O3. The fourth-order valence-corrected chi connectivity index (χ4v) is 3.86. The minimum absolute atomic E-state index is 0.167. The zero-order valence-corrected chi connectivity index (χ0v) is 19.8. The van der Waals surface area contributed by atoms with Crippen LogP contribution >= 0.6 is 0 Å². The zero-order chi connectivity index (χ0) is 25.7. The highest BCUT2D eigenvalue weighted by Crippen LogP contribution is 2.38. The fourth-order valence-electron chi connectivity index (χ4n) is 3.86. The Bertz CT molecular complexity index is 1230. The lowest BCUT2D eigenvalue weighted by molar-refractivity contribution is -0.137. The van der Waals surface area contributed by atoms with Gasteiger partial charge in [0.1, 0.15) is 11.6 Å². The number of methoxy groups -OCH3 is 1. The van der Waals surface area contributed by atoms with Crippen LogP contribution in [0.5, 0.6) is 5.75 Å². The molecule has 2 aromatic carbocycles. The van der Waals surface area contributed by atoms with Crippen LogP contribution in [-0.4, -0.2) is 51.4 Å². The topological polar surface area (TPSA) is 87.8 Å². The van der Waals surface area contributed by atoms with E-state index < -0.39 is 17.6 Å². The number of rotatable bonds is 7. The highest BCUT2D eigenvalue weighted by atomic mass is 19.4. The molecular weight excluding hydrogens is 475 g/mol. The van der Waals surface area contributed by atoms with Crippen LogP contribution in [0, 0.1) is 0 Å². The van der Waals surface area contributed by atoms with Crippen molar-refractivity contribution >= 4 is 34.5 Å². The third kappa shape index (κ3) is 5.62. The SMILES string of the molecule is CNC(=O)c1ccccc1Nc1cc(Nc2ccc(N3CCOCC3)cc2OC)ncc1C(F)(F)F. The lowest BCUT2D eigenvalue weighted by Gasteiger charge is -2.29. The summed E-state index contributed by atoms with van der Waals surface area (Å²) < 4.78 is 52.2. The molecule has 4 rings (SSSR count). The van der Waals surface area contributed by atoms with Crippen molar-refractivity contribution in [2.45, 2.75) is 6.18 Å². The monoisotopic (exact) mass is 501 g/mol. The molecule has 0 atom stereocenters. The molecule has 0 spiro atoms.